The van der Waals surface area contributed by atoms with E-state index in [0.29, 0.717) is 39.7 Å². The third kappa shape index (κ3) is 9.94. The normalized spacial score (nSPS) is 12.9. The second kappa shape index (κ2) is 19.6. The van der Waals surface area contributed by atoms with Gasteiger partial charge in [-0.3, -0.25) is 0 Å². The smallest absolute Gasteiger partial charge is 0.135 e. The molecule has 386 valence electrons. The molecule has 1 aliphatic heterocycles. The fourth-order valence-corrected chi connectivity index (χ4v) is 10.0. The summed E-state index contributed by atoms with van der Waals surface area (Å²) < 4.78 is 70.4. The van der Waals surface area contributed by atoms with Crippen LogP contribution in [0.2, 0.25) is 0 Å². The molecular weight excluding hydrogens is 1140 g/mol. The quantitative estimate of drug-likeness (QED) is 0.112. The molecule has 0 saturated heterocycles. The van der Waals surface area contributed by atoms with Crippen molar-refractivity contribution in [3.8, 4) is 50.7 Å². The summed E-state index contributed by atoms with van der Waals surface area (Å²) in [5.74, 6) is -1.40. The molecule has 0 aliphatic carbocycles. The van der Waals surface area contributed by atoms with Gasteiger partial charge in [0.2, 0.25) is 0 Å². The largest absolute Gasteiger partial charge is 0.509 e. The molecule has 2 aromatic heterocycles. The summed E-state index contributed by atoms with van der Waals surface area (Å²) in [4.78, 5) is 8.77. The molecular formula is C66H55F4N4OPt-3. The first-order valence-corrected chi connectivity index (χ1v) is 25.1. The number of halogens is 4. The summed E-state index contributed by atoms with van der Waals surface area (Å²) >= 11 is 0. The van der Waals surface area contributed by atoms with Crippen LogP contribution < -0.4 is 14.5 Å². The predicted octanol–water partition coefficient (Wildman–Crippen LogP) is 18.4. The van der Waals surface area contributed by atoms with Gasteiger partial charge in [0.15, 0.2) is 0 Å². The molecule has 10 aromatic rings. The zero-order valence-corrected chi connectivity index (χ0v) is 46.0. The zero-order chi connectivity index (χ0) is 52.7. The molecule has 0 unspecified atom stereocenters. The van der Waals surface area contributed by atoms with Gasteiger partial charge in [0.05, 0.1) is 0 Å². The Balaban J connectivity index is 0.00000657. The van der Waals surface area contributed by atoms with Crippen LogP contribution in [0.4, 0.5) is 40.3 Å². The van der Waals surface area contributed by atoms with Gasteiger partial charge in [-0.05, 0) is 122 Å². The van der Waals surface area contributed by atoms with E-state index in [0.717, 1.165) is 67.7 Å². The Kier molecular flexibility index (Phi) is 13.4. The molecule has 0 atom stereocenters. The maximum absolute atomic E-state index is 15.3. The van der Waals surface area contributed by atoms with E-state index in [1.54, 1.807) is 0 Å². The van der Waals surface area contributed by atoms with Crippen molar-refractivity contribution in [3.05, 3.63) is 223 Å². The average molecular weight is 1190 g/mol. The molecule has 0 amide bonds. The summed E-state index contributed by atoms with van der Waals surface area (Å²) in [6, 6.07) is 54.5. The number of anilines is 4. The molecule has 76 heavy (non-hydrogen) atoms. The van der Waals surface area contributed by atoms with Crippen LogP contribution in [-0.4, -0.2) is 9.55 Å². The number of pyridine rings is 1. The first kappa shape index (κ1) is 52.0. The van der Waals surface area contributed by atoms with E-state index in [4.69, 9.17) is 9.72 Å². The Morgan fingerprint density at radius 2 is 1.04 bits per heavy atom. The standard InChI is InChI=1S/C66H55F4N4O.Pt/c1-64(2,3)44-20-18-40(19-21-44)41-30-51(37-53(31-41)75-52-22-23-55-54-14-10-11-15-58(54)74(61(55)38-52)62-34-45(24-25-71-62)65(4,5)6)72-39-73(60-17-13-12-16-59(60)72)63-56(42-26-47(67)35-48(68)27-42)32-46(66(7,8)9)33-57(63)43-28-49(69)36-50(70)29-43;/h10-36,39H,1-9H3;/q-3;. The van der Waals surface area contributed by atoms with Crippen molar-refractivity contribution in [2.75, 3.05) is 9.80 Å². The SMILES string of the molecule is CC(C)(C)c1ccc(-c2cc(Oc3[c-]c4c(cc3)c3ccccc3n4-c3cc(C(C)(C)C)ccn3)[c-]c(N3[CH-]N(c4c(-c5cc(F)cc(F)c5)cc(C(C)(C)C)cc4-c4cc(F)cc(F)c4)c4ccccc43)c2)cc1.[Pt]. The second-order valence-electron chi connectivity index (χ2n) is 22.5. The predicted molar refractivity (Wildman–Crippen MR) is 296 cm³/mol. The van der Waals surface area contributed by atoms with Crippen molar-refractivity contribution in [1.29, 1.82) is 0 Å². The summed E-state index contributed by atoms with van der Waals surface area (Å²) in [6.07, 6.45) is 1.85. The molecule has 0 radical (unpaired) electrons. The van der Waals surface area contributed by atoms with E-state index in [-0.39, 0.29) is 43.0 Å². The third-order valence-corrected chi connectivity index (χ3v) is 14.0. The van der Waals surface area contributed by atoms with E-state index < -0.39 is 28.7 Å². The summed E-state index contributed by atoms with van der Waals surface area (Å²) in [7, 11) is 0. The number of nitrogens with zero attached hydrogens (tertiary/aromatic N) is 4. The van der Waals surface area contributed by atoms with Gasteiger partial charge in [-0.25, -0.2) is 22.5 Å². The second-order valence-corrected chi connectivity index (χ2v) is 22.5. The zero-order valence-electron chi connectivity index (χ0n) is 43.7. The molecule has 0 N–H and O–H groups in total. The molecule has 0 bridgehead atoms. The summed E-state index contributed by atoms with van der Waals surface area (Å²) in [5, 5.41) is 2.06. The fraction of sp³-hybridized carbons (Fsp3) is 0.182. The Bertz CT molecular complexity index is 3750. The first-order valence-electron chi connectivity index (χ1n) is 25.1. The van der Waals surface area contributed by atoms with Crippen molar-refractivity contribution in [3.63, 3.8) is 0 Å². The Hall–Kier alpha value is -7.48. The number of hydrogen-bond acceptors (Lipinski definition) is 4. The van der Waals surface area contributed by atoms with Gasteiger partial charge >= 0.3 is 0 Å². The third-order valence-electron chi connectivity index (χ3n) is 14.0. The molecule has 11 rings (SSSR count). The van der Waals surface area contributed by atoms with Gasteiger partial charge in [-0.2, -0.15) is 6.07 Å². The molecule has 0 fully saturated rings. The number of hydrogen-bond donors (Lipinski definition) is 0. The van der Waals surface area contributed by atoms with Crippen molar-refractivity contribution >= 4 is 44.6 Å². The number of fused-ring (bicyclic) bond motifs is 4. The monoisotopic (exact) mass is 1190 g/mol. The van der Waals surface area contributed by atoms with Gasteiger partial charge in [0, 0.05) is 84.6 Å². The number of rotatable bonds is 8. The van der Waals surface area contributed by atoms with Crippen LogP contribution in [-0.2, 0) is 37.3 Å². The number of benzene rings is 8. The molecule has 10 heteroatoms. The molecule has 1 aliphatic rings. The van der Waals surface area contributed by atoms with Gasteiger partial charge in [-0.15, -0.1) is 53.6 Å². The molecule has 3 heterocycles. The van der Waals surface area contributed by atoms with Gasteiger partial charge in [0.1, 0.15) is 29.1 Å². The van der Waals surface area contributed by atoms with Gasteiger partial charge in [-0.1, -0.05) is 122 Å². The van der Waals surface area contributed by atoms with Crippen molar-refractivity contribution in [1.82, 2.24) is 9.55 Å². The molecule has 0 saturated carbocycles. The number of ether oxygens (including phenoxy) is 1. The molecule has 0 spiro atoms. The van der Waals surface area contributed by atoms with Crippen LogP contribution in [0.5, 0.6) is 11.5 Å². The number of para-hydroxylation sites is 3. The van der Waals surface area contributed by atoms with Crippen LogP contribution in [0.3, 0.4) is 0 Å². The van der Waals surface area contributed by atoms with Crippen LogP contribution >= 0.6 is 0 Å². The van der Waals surface area contributed by atoms with Crippen LogP contribution in [0, 0.1) is 42.1 Å². The van der Waals surface area contributed by atoms with Gasteiger partial charge < -0.3 is 19.1 Å². The van der Waals surface area contributed by atoms with Crippen LogP contribution in [0.25, 0.3) is 61.0 Å². The topological polar surface area (TPSA) is 33.5 Å². The first-order chi connectivity index (χ1) is 35.7. The van der Waals surface area contributed by atoms with Crippen molar-refractivity contribution in [2.24, 2.45) is 0 Å². The van der Waals surface area contributed by atoms with Crippen LogP contribution in [0.1, 0.15) is 79.0 Å². The summed E-state index contributed by atoms with van der Waals surface area (Å²) in [5.41, 5.74) is 9.99. The summed E-state index contributed by atoms with van der Waals surface area (Å²) in [6.45, 7) is 21.1. The van der Waals surface area contributed by atoms with E-state index in [9.17, 15) is 0 Å². The fourth-order valence-electron chi connectivity index (χ4n) is 10.0. The van der Waals surface area contributed by atoms with Crippen LogP contribution in [0.15, 0.2) is 164 Å². The molecule has 5 nitrogen and oxygen atoms in total. The Labute approximate surface area is 456 Å². The Morgan fingerprint density at radius 1 is 0.474 bits per heavy atom. The van der Waals surface area contributed by atoms with E-state index in [1.807, 2.05) is 110 Å². The Morgan fingerprint density at radius 3 is 1.63 bits per heavy atom. The average Bonchev–Trinajstić information content (AvgIpc) is 3.94. The minimum atomic E-state index is -0.762. The van der Waals surface area contributed by atoms with E-state index >= 15 is 17.6 Å². The minimum Gasteiger partial charge on any atom is -0.509 e. The number of aromatic nitrogens is 2. The maximum Gasteiger partial charge on any atom is 0.135 e. The maximum atomic E-state index is 15.3. The van der Waals surface area contributed by atoms with Gasteiger partial charge in [0.25, 0.3) is 0 Å². The van der Waals surface area contributed by atoms with Crippen molar-refractivity contribution < 1.29 is 43.4 Å². The minimum absolute atomic E-state index is 0. The molecule has 8 aromatic carbocycles. The van der Waals surface area contributed by atoms with Crippen molar-refractivity contribution in [2.45, 2.75) is 78.6 Å². The van der Waals surface area contributed by atoms with E-state index in [1.165, 1.54) is 29.8 Å². The van der Waals surface area contributed by atoms with E-state index in [2.05, 4.69) is 113 Å².